The molecule has 0 aliphatic carbocycles. The van der Waals surface area contributed by atoms with Gasteiger partial charge in [0, 0.05) is 0 Å². The molecular weight excluding hydrogens is 338 g/mol. The molecule has 1 aliphatic heterocycles. The van der Waals surface area contributed by atoms with Gasteiger partial charge >= 0.3 is 0 Å². The lowest BCUT2D eigenvalue weighted by Gasteiger charge is -2.15. The number of carbonyl (C=O) groups is 1. The summed E-state index contributed by atoms with van der Waals surface area (Å²) in [7, 11) is 0. The monoisotopic (exact) mass is 349 g/mol. The molecule has 0 fully saturated rings. The van der Waals surface area contributed by atoms with E-state index >= 15 is 0 Å². The zero-order valence-corrected chi connectivity index (χ0v) is 13.7. The Bertz CT molecular complexity index is 1080. The van der Waals surface area contributed by atoms with Gasteiger partial charge in [-0.15, -0.1) is 0 Å². The van der Waals surface area contributed by atoms with Gasteiger partial charge in [0.05, 0.1) is 21.3 Å². The Morgan fingerprint density at radius 1 is 1.12 bits per heavy atom. The molecular formula is C18H11N3O3S. The molecule has 0 bridgehead atoms. The van der Waals surface area contributed by atoms with Crippen molar-refractivity contribution in [3.8, 4) is 17.1 Å². The molecule has 7 heteroatoms. The lowest BCUT2D eigenvalue weighted by atomic mass is 10.0. The molecule has 25 heavy (non-hydrogen) atoms. The minimum atomic E-state index is -0.355. The topological polar surface area (TPSA) is 77.3 Å². The zero-order chi connectivity index (χ0) is 16.8. The Morgan fingerprint density at radius 3 is 2.88 bits per heavy atom. The highest BCUT2D eigenvalue weighted by Crippen LogP contribution is 2.38. The summed E-state index contributed by atoms with van der Waals surface area (Å²) in [6.07, 6.45) is 0. The van der Waals surface area contributed by atoms with Gasteiger partial charge in [0.25, 0.3) is 5.91 Å². The zero-order valence-electron chi connectivity index (χ0n) is 12.9. The molecule has 0 unspecified atom stereocenters. The van der Waals surface area contributed by atoms with E-state index in [0.717, 1.165) is 21.5 Å². The molecule has 0 radical (unpaired) electrons. The first-order valence-corrected chi connectivity index (χ1v) is 8.49. The highest BCUT2D eigenvalue weighted by atomic mass is 32.1. The lowest BCUT2D eigenvalue weighted by Crippen LogP contribution is -2.16. The van der Waals surface area contributed by atoms with Crippen LogP contribution in [0.5, 0.6) is 5.75 Å². The van der Waals surface area contributed by atoms with E-state index in [-0.39, 0.29) is 18.2 Å². The van der Waals surface area contributed by atoms with E-state index in [1.807, 2.05) is 48.5 Å². The Balaban J connectivity index is 1.48. The van der Waals surface area contributed by atoms with Crippen molar-refractivity contribution >= 4 is 32.6 Å². The quantitative estimate of drug-likeness (QED) is 0.590. The molecule has 2 aromatic heterocycles. The van der Waals surface area contributed by atoms with Crippen LogP contribution in [0.1, 0.15) is 16.1 Å². The number of nitrogens with one attached hydrogen (secondary N) is 1. The standard InChI is InChI=1S/C18H11N3O3S/c22-17(20-18-19-12-6-2-4-8-14(12)25-18)15-11-9-23-13-7-3-1-5-10(13)16(11)24-21-15/h1-8H,9H2,(H,19,20,22). The van der Waals surface area contributed by atoms with E-state index < -0.39 is 0 Å². The maximum absolute atomic E-state index is 12.6. The fourth-order valence-electron chi connectivity index (χ4n) is 2.85. The minimum Gasteiger partial charge on any atom is -0.488 e. The number of aromatic nitrogens is 2. The number of thiazole rings is 1. The van der Waals surface area contributed by atoms with Crippen molar-refractivity contribution in [1.82, 2.24) is 10.1 Å². The summed E-state index contributed by atoms with van der Waals surface area (Å²) in [4.78, 5) is 17.0. The van der Waals surface area contributed by atoms with E-state index in [2.05, 4.69) is 15.5 Å². The van der Waals surface area contributed by atoms with E-state index in [0.29, 0.717) is 16.5 Å². The van der Waals surface area contributed by atoms with Gasteiger partial charge in [-0.2, -0.15) is 0 Å². The van der Waals surface area contributed by atoms with E-state index in [1.165, 1.54) is 11.3 Å². The maximum Gasteiger partial charge on any atom is 0.280 e. The summed E-state index contributed by atoms with van der Waals surface area (Å²) in [6, 6.07) is 15.2. The summed E-state index contributed by atoms with van der Waals surface area (Å²) < 4.78 is 12.1. The lowest BCUT2D eigenvalue weighted by molar-refractivity contribution is 0.101. The Labute approximate surface area is 146 Å². The molecule has 1 N–H and O–H groups in total. The van der Waals surface area contributed by atoms with Crippen LogP contribution in [-0.2, 0) is 6.61 Å². The predicted molar refractivity (Wildman–Crippen MR) is 93.8 cm³/mol. The van der Waals surface area contributed by atoms with Crippen molar-refractivity contribution in [3.05, 3.63) is 59.8 Å². The second kappa shape index (κ2) is 5.42. The first kappa shape index (κ1) is 14.2. The summed E-state index contributed by atoms with van der Waals surface area (Å²) >= 11 is 1.42. The van der Waals surface area contributed by atoms with Crippen LogP contribution in [0.3, 0.4) is 0 Å². The van der Waals surface area contributed by atoms with E-state index in [1.54, 1.807) is 0 Å². The maximum atomic E-state index is 12.6. The number of hydrogen-bond donors (Lipinski definition) is 1. The van der Waals surface area contributed by atoms with Gasteiger partial charge in [-0.25, -0.2) is 4.98 Å². The molecule has 4 aromatic rings. The fourth-order valence-corrected chi connectivity index (χ4v) is 3.71. The first-order chi connectivity index (χ1) is 12.3. The molecule has 0 atom stereocenters. The van der Waals surface area contributed by atoms with Crippen molar-refractivity contribution in [1.29, 1.82) is 0 Å². The molecule has 0 spiro atoms. The number of benzene rings is 2. The Kier molecular flexibility index (Phi) is 3.07. The van der Waals surface area contributed by atoms with Crippen LogP contribution in [-0.4, -0.2) is 16.0 Å². The number of rotatable bonds is 2. The SMILES string of the molecule is O=C(Nc1nc2ccccc2s1)c1noc2c1COc1ccccc1-2. The average Bonchev–Trinajstić information content (AvgIpc) is 3.25. The van der Waals surface area contributed by atoms with Gasteiger partial charge in [0.1, 0.15) is 12.4 Å². The smallest absolute Gasteiger partial charge is 0.280 e. The Hall–Kier alpha value is -3.19. The summed E-state index contributed by atoms with van der Waals surface area (Å²) in [5.74, 6) is 0.951. The normalized spacial score (nSPS) is 12.3. The molecule has 2 aromatic carbocycles. The third-order valence-electron chi connectivity index (χ3n) is 4.02. The summed E-state index contributed by atoms with van der Waals surface area (Å²) in [6.45, 7) is 0.248. The summed E-state index contributed by atoms with van der Waals surface area (Å²) in [5.41, 5.74) is 2.53. The second-order valence-corrected chi connectivity index (χ2v) is 6.60. The van der Waals surface area contributed by atoms with Crippen molar-refractivity contribution < 1.29 is 14.1 Å². The van der Waals surface area contributed by atoms with Gasteiger partial charge in [-0.3, -0.25) is 10.1 Å². The van der Waals surface area contributed by atoms with Crippen LogP contribution in [0, 0.1) is 0 Å². The third kappa shape index (κ3) is 2.28. The van der Waals surface area contributed by atoms with Crippen LogP contribution in [0.15, 0.2) is 53.1 Å². The molecule has 0 saturated carbocycles. The first-order valence-electron chi connectivity index (χ1n) is 7.67. The molecule has 1 amide bonds. The van der Waals surface area contributed by atoms with Crippen LogP contribution < -0.4 is 10.1 Å². The number of carbonyl (C=O) groups excluding carboxylic acids is 1. The van der Waals surface area contributed by atoms with Gasteiger partial charge < -0.3 is 9.26 Å². The van der Waals surface area contributed by atoms with Crippen molar-refractivity contribution in [2.75, 3.05) is 5.32 Å². The number of nitrogens with zero attached hydrogens (tertiary/aromatic N) is 2. The van der Waals surface area contributed by atoms with Gasteiger partial charge in [0.2, 0.25) is 0 Å². The Morgan fingerprint density at radius 2 is 1.96 bits per heavy atom. The van der Waals surface area contributed by atoms with Crippen LogP contribution in [0.2, 0.25) is 0 Å². The average molecular weight is 349 g/mol. The number of fused-ring (bicyclic) bond motifs is 4. The number of ether oxygens (including phenoxy) is 1. The number of amides is 1. The molecule has 1 aliphatic rings. The van der Waals surface area contributed by atoms with Crippen molar-refractivity contribution in [2.24, 2.45) is 0 Å². The third-order valence-corrected chi connectivity index (χ3v) is 4.97. The minimum absolute atomic E-state index is 0.226. The molecule has 122 valence electrons. The highest BCUT2D eigenvalue weighted by molar-refractivity contribution is 7.22. The number of para-hydroxylation sites is 2. The van der Waals surface area contributed by atoms with Crippen molar-refractivity contribution in [2.45, 2.75) is 6.61 Å². The van der Waals surface area contributed by atoms with Crippen LogP contribution in [0.25, 0.3) is 21.5 Å². The van der Waals surface area contributed by atoms with Gasteiger partial charge in [-0.1, -0.05) is 40.8 Å². The molecule has 6 nitrogen and oxygen atoms in total. The number of anilines is 1. The van der Waals surface area contributed by atoms with Crippen molar-refractivity contribution in [3.63, 3.8) is 0 Å². The molecule has 3 heterocycles. The van der Waals surface area contributed by atoms with Gasteiger partial charge in [-0.05, 0) is 24.3 Å². The van der Waals surface area contributed by atoms with E-state index in [9.17, 15) is 4.79 Å². The summed E-state index contributed by atoms with van der Waals surface area (Å²) in [5, 5.41) is 7.28. The molecule has 0 saturated heterocycles. The second-order valence-electron chi connectivity index (χ2n) is 5.56. The highest BCUT2D eigenvalue weighted by Gasteiger charge is 2.29. The van der Waals surface area contributed by atoms with E-state index in [4.69, 9.17) is 9.26 Å². The van der Waals surface area contributed by atoms with Crippen LogP contribution in [0.4, 0.5) is 5.13 Å². The largest absolute Gasteiger partial charge is 0.488 e. The van der Waals surface area contributed by atoms with Gasteiger partial charge in [0.15, 0.2) is 16.6 Å². The predicted octanol–water partition coefficient (Wildman–Crippen LogP) is 4.10. The van der Waals surface area contributed by atoms with Crippen LogP contribution >= 0.6 is 11.3 Å². The fraction of sp³-hybridized carbons (Fsp3) is 0.0556. The number of hydrogen-bond acceptors (Lipinski definition) is 6. The molecule has 5 rings (SSSR count).